The van der Waals surface area contributed by atoms with Crippen LogP contribution in [0.2, 0.25) is 0 Å². The van der Waals surface area contributed by atoms with E-state index in [1.165, 1.54) is 0 Å². The highest BCUT2D eigenvalue weighted by molar-refractivity contribution is 8.51. The molecule has 2 fully saturated rings. The van der Waals surface area contributed by atoms with Gasteiger partial charge in [0.2, 0.25) is 0 Å². The fourth-order valence-corrected chi connectivity index (χ4v) is 11.2. The third kappa shape index (κ3) is 4.52. The molecular weight excluding hydrogens is 401 g/mol. The molecule has 0 aliphatic carbocycles. The molecular formula is C17H25Cl2NO3S2. The summed E-state index contributed by atoms with van der Waals surface area (Å²) >= 11 is 0. The standard InChI is InChI=1S/C17H25Cl2NO3S2/c1-23-17-11-14(12-24(18)6-2-3-7-24)16(20(21)22)10-15(17)13-25(19)8-4-5-9-25/h10-11H,2-9,12-13H2,1H3. The maximum Gasteiger partial charge on any atom is 0.273 e. The molecule has 4 nitrogen and oxygen atoms in total. The van der Waals surface area contributed by atoms with Crippen LogP contribution < -0.4 is 4.74 Å². The zero-order chi connectivity index (χ0) is 18.1. The van der Waals surface area contributed by atoms with E-state index in [1.807, 2.05) is 6.07 Å². The number of methoxy groups -OCH3 is 1. The van der Waals surface area contributed by atoms with Crippen LogP contribution in [0.4, 0.5) is 5.69 Å². The Morgan fingerprint density at radius 1 is 1.00 bits per heavy atom. The van der Waals surface area contributed by atoms with E-state index >= 15 is 0 Å². The molecule has 0 spiro atoms. The monoisotopic (exact) mass is 425 g/mol. The van der Waals surface area contributed by atoms with Crippen LogP contribution >= 0.6 is 39.8 Å². The number of benzene rings is 1. The average molecular weight is 426 g/mol. The van der Waals surface area contributed by atoms with Gasteiger partial charge in [0.25, 0.3) is 5.69 Å². The number of hydrogen-bond donors (Lipinski definition) is 0. The van der Waals surface area contributed by atoms with E-state index in [4.69, 9.17) is 26.1 Å². The van der Waals surface area contributed by atoms with Crippen molar-refractivity contribution in [2.75, 3.05) is 30.1 Å². The molecule has 0 bridgehead atoms. The van der Waals surface area contributed by atoms with E-state index < -0.39 is 18.5 Å². The minimum absolute atomic E-state index is 0.174. The second kappa shape index (κ2) is 7.75. The van der Waals surface area contributed by atoms with Crippen molar-refractivity contribution in [3.8, 4) is 5.75 Å². The fourth-order valence-electron chi connectivity index (χ4n) is 3.74. The zero-order valence-electron chi connectivity index (χ0n) is 14.5. The van der Waals surface area contributed by atoms with Gasteiger partial charge in [0.05, 0.1) is 12.0 Å². The van der Waals surface area contributed by atoms with E-state index in [0.717, 1.165) is 60.0 Å². The van der Waals surface area contributed by atoms with E-state index in [-0.39, 0.29) is 10.6 Å². The van der Waals surface area contributed by atoms with Gasteiger partial charge in [-0.05, 0) is 54.8 Å². The quantitative estimate of drug-likeness (QED) is 0.408. The maximum absolute atomic E-state index is 11.7. The second-order valence-corrected chi connectivity index (χ2v) is 16.8. The minimum Gasteiger partial charge on any atom is -0.496 e. The van der Waals surface area contributed by atoms with Crippen LogP contribution in [0.25, 0.3) is 0 Å². The van der Waals surface area contributed by atoms with Gasteiger partial charge >= 0.3 is 0 Å². The van der Waals surface area contributed by atoms with Crippen LogP contribution in [-0.2, 0) is 11.5 Å². The van der Waals surface area contributed by atoms with Gasteiger partial charge in [0.1, 0.15) is 5.75 Å². The van der Waals surface area contributed by atoms with Crippen LogP contribution in [0.3, 0.4) is 0 Å². The molecule has 2 saturated heterocycles. The van der Waals surface area contributed by atoms with Crippen molar-refractivity contribution in [1.82, 2.24) is 0 Å². The van der Waals surface area contributed by atoms with Crippen molar-refractivity contribution in [1.29, 1.82) is 0 Å². The first-order valence-corrected chi connectivity index (χ1v) is 14.5. The molecule has 2 aliphatic rings. The van der Waals surface area contributed by atoms with Crippen molar-refractivity contribution < 1.29 is 9.66 Å². The van der Waals surface area contributed by atoms with Crippen LogP contribution in [0.5, 0.6) is 5.75 Å². The summed E-state index contributed by atoms with van der Waals surface area (Å²) in [6.45, 7) is 0. The molecule has 0 unspecified atom stereocenters. The van der Waals surface area contributed by atoms with Gasteiger partial charge in [-0.15, -0.1) is 0 Å². The predicted molar refractivity (Wildman–Crippen MR) is 112 cm³/mol. The molecule has 8 heteroatoms. The van der Waals surface area contributed by atoms with Gasteiger partial charge < -0.3 is 4.74 Å². The Morgan fingerprint density at radius 3 is 1.92 bits per heavy atom. The number of hydrogen-bond acceptors (Lipinski definition) is 3. The SMILES string of the molecule is COc1cc(CS2(Cl)CCCC2)c([N+](=O)[O-])cc1CS1(Cl)CCCC1. The topological polar surface area (TPSA) is 52.4 Å². The van der Waals surface area contributed by atoms with Gasteiger partial charge in [-0.1, -0.05) is 21.4 Å². The zero-order valence-corrected chi connectivity index (χ0v) is 17.6. The van der Waals surface area contributed by atoms with Gasteiger partial charge in [0.15, 0.2) is 0 Å². The second-order valence-electron chi connectivity index (χ2n) is 6.95. The normalized spacial score (nSPS) is 24.0. The summed E-state index contributed by atoms with van der Waals surface area (Å²) < 4.78 is 5.57. The van der Waals surface area contributed by atoms with E-state index in [2.05, 4.69) is 0 Å². The van der Waals surface area contributed by atoms with Crippen molar-refractivity contribution in [2.45, 2.75) is 37.2 Å². The number of ether oxygens (including phenoxy) is 1. The lowest BCUT2D eigenvalue weighted by atomic mass is 10.1. The molecule has 3 rings (SSSR count). The van der Waals surface area contributed by atoms with Crippen LogP contribution in [0.1, 0.15) is 36.8 Å². The highest BCUT2D eigenvalue weighted by atomic mass is 35.7. The number of nitro groups is 1. The lowest BCUT2D eigenvalue weighted by Gasteiger charge is -2.29. The number of halogens is 2. The third-order valence-electron chi connectivity index (χ3n) is 5.05. The maximum atomic E-state index is 11.7. The molecule has 1 aromatic carbocycles. The Labute approximate surface area is 161 Å². The Kier molecular flexibility index (Phi) is 6.03. The highest BCUT2D eigenvalue weighted by Gasteiger charge is 2.32. The Morgan fingerprint density at radius 2 is 1.48 bits per heavy atom. The smallest absolute Gasteiger partial charge is 0.273 e. The van der Waals surface area contributed by atoms with Crippen molar-refractivity contribution >= 4 is 45.5 Å². The Balaban J connectivity index is 1.94. The van der Waals surface area contributed by atoms with E-state index in [9.17, 15) is 10.1 Å². The van der Waals surface area contributed by atoms with Crippen molar-refractivity contribution in [3.63, 3.8) is 0 Å². The predicted octanol–water partition coefficient (Wildman–Crippen LogP) is 6.11. The Hall–Kier alpha value is -0.300. The van der Waals surface area contributed by atoms with Crippen molar-refractivity contribution in [3.05, 3.63) is 33.4 Å². The molecule has 0 aromatic heterocycles. The minimum atomic E-state index is -1.29. The molecule has 1 aromatic rings. The number of nitrogens with zero attached hydrogens (tertiary/aromatic N) is 1. The van der Waals surface area contributed by atoms with E-state index in [0.29, 0.717) is 17.1 Å². The summed E-state index contributed by atoms with van der Waals surface area (Å²) in [5.74, 6) is 6.05. The number of rotatable bonds is 6. The molecule has 142 valence electrons. The molecule has 0 amide bonds. The summed E-state index contributed by atoms with van der Waals surface area (Å²) in [4.78, 5) is 11.4. The molecule has 0 saturated carbocycles. The summed E-state index contributed by atoms with van der Waals surface area (Å²) in [6.07, 6.45) is 4.55. The van der Waals surface area contributed by atoms with Crippen LogP contribution in [0.15, 0.2) is 12.1 Å². The van der Waals surface area contributed by atoms with E-state index in [1.54, 1.807) is 13.2 Å². The van der Waals surface area contributed by atoms with Crippen LogP contribution in [-0.4, -0.2) is 35.0 Å². The summed E-state index contributed by atoms with van der Waals surface area (Å²) in [6, 6.07) is 3.54. The summed E-state index contributed by atoms with van der Waals surface area (Å²) in [5.41, 5.74) is 1.75. The van der Waals surface area contributed by atoms with Gasteiger partial charge in [-0.25, -0.2) is 0 Å². The third-order valence-corrected chi connectivity index (χ3v) is 13.3. The first-order valence-electron chi connectivity index (χ1n) is 8.60. The van der Waals surface area contributed by atoms with Gasteiger partial charge in [-0.2, -0.15) is 18.5 Å². The van der Waals surface area contributed by atoms with Gasteiger partial charge in [-0.3, -0.25) is 10.1 Å². The Bertz CT molecular complexity index is 660. The molecule has 25 heavy (non-hydrogen) atoms. The lowest BCUT2D eigenvalue weighted by molar-refractivity contribution is -0.385. The largest absolute Gasteiger partial charge is 0.496 e. The number of nitro benzene ring substituents is 1. The highest BCUT2D eigenvalue weighted by Crippen LogP contribution is 2.63. The molecule has 2 aliphatic heterocycles. The summed E-state index contributed by atoms with van der Waals surface area (Å²) in [7, 11) is 12.7. The molecule has 0 atom stereocenters. The fraction of sp³-hybridized carbons (Fsp3) is 0.647. The van der Waals surface area contributed by atoms with Gasteiger partial charge in [0, 0.05) is 28.7 Å². The first-order chi connectivity index (χ1) is 11.8. The molecule has 2 heterocycles. The van der Waals surface area contributed by atoms with Crippen molar-refractivity contribution in [2.24, 2.45) is 0 Å². The summed E-state index contributed by atoms with van der Waals surface area (Å²) in [5, 5.41) is 11.7. The van der Waals surface area contributed by atoms with Crippen LogP contribution in [0, 0.1) is 10.1 Å². The molecule has 0 N–H and O–H groups in total. The average Bonchev–Trinajstić information content (AvgIpc) is 3.17. The lowest BCUT2D eigenvalue weighted by Crippen LogP contribution is -2.06. The first kappa shape index (κ1) is 19.5. The molecule has 0 radical (unpaired) electrons.